The third kappa shape index (κ3) is 20.7. The number of hydrogen-bond acceptors (Lipinski definition) is 24. The second-order valence-corrected chi connectivity index (χ2v) is 28.9. The number of carbonyl (C=O) groups is 4. The lowest BCUT2D eigenvalue weighted by Gasteiger charge is -2.31. The lowest BCUT2D eigenvalue weighted by Crippen LogP contribution is -2.40. The molecule has 4 atom stereocenters. The van der Waals surface area contributed by atoms with Crippen LogP contribution in [0, 0.1) is 23.3 Å². The van der Waals surface area contributed by atoms with E-state index in [0.717, 1.165) is 88.8 Å². The molecule has 16 rings (SSSR count). The zero-order chi connectivity index (χ0) is 84.8. The molecule has 4 saturated heterocycles. The molecule has 0 unspecified atom stereocenters. The molecule has 12 aromatic rings. The highest BCUT2D eigenvalue weighted by Gasteiger charge is 2.28. The number of aliphatic hydroxyl groups is 2. The monoisotopic (exact) mass is 1630 g/mol. The number of aryl methyl sites for hydroxylation is 4. The van der Waals surface area contributed by atoms with Crippen LogP contribution in [0.1, 0.15) is 91.9 Å². The zero-order valence-electron chi connectivity index (χ0n) is 68.0. The van der Waals surface area contributed by atoms with Gasteiger partial charge in [0.25, 0.3) is 11.8 Å². The summed E-state index contributed by atoms with van der Waals surface area (Å²) in [4.78, 5) is 73.5. The highest BCUT2D eigenvalue weighted by atomic mass is 19.1. The predicted molar refractivity (Wildman–Crippen MR) is 434 cm³/mol. The number of esters is 2. The van der Waals surface area contributed by atoms with E-state index in [2.05, 4.69) is 59.9 Å². The number of benzene rings is 4. The van der Waals surface area contributed by atoms with Gasteiger partial charge >= 0.3 is 11.9 Å². The lowest BCUT2D eigenvalue weighted by molar-refractivity contribution is -0.0216. The molecule has 0 bridgehead atoms. The Morgan fingerprint density at radius 3 is 0.805 bits per heavy atom. The second-order valence-electron chi connectivity index (χ2n) is 28.9. The highest BCUT2D eigenvalue weighted by Crippen LogP contribution is 2.37. The number of halogens is 4. The number of fused-ring (bicyclic) bond motifs is 4. The number of ether oxygens (including phenoxy) is 6. The summed E-state index contributed by atoms with van der Waals surface area (Å²) in [6.07, 6.45) is 14.4. The Labute approximate surface area is 678 Å². The van der Waals surface area contributed by atoms with Crippen molar-refractivity contribution in [2.45, 2.75) is 78.3 Å². The first kappa shape index (κ1) is 87.4. The van der Waals surface area contributed by atoms with Crippen molar-refractivity contribution < 1.29 is 75.4 Å². The summed E-state index contributed by atoms with van der Waals surface area (Å²) in [6.45, 7) is 18.3. The molecule has 4 fully saturated rings. The van der Waals surface area contributed by atoms with E-state index in [1.807, 2.05) is 64.4 Å². The molecule has 34 heteroatoms. The number of methoxy groups -OCH3 is 2. The highest BCUT2D eigenvalue weighted by molar-refractivity contribution is 6.04. The molecule has 8 aromatic heterocycles. The average Bonchev–Trinajstić information content (AvgIpc) is 1.19. The summed E-state index contributed by atoms with van der Waals surface area (Å²) in [5.41, 5.74) is 19.7. The molecule has 0 aliphatic carbocycles. The minimum atomic E-state index is -0.696. The van der Waals surface area contributed by atoms with Gasteiger partial charge in [-0.05, 0) is 74.2 Å². The fourth-order valence-electron chi connectivity index (χ4n) is 14.7. The Hall–Kier alpha value is -11.4. The summed E-state index contributed by atoms with van der Waals surface area (Å²) >= 11 is 0. The van der Waals surface area contributed by atoms with Gasteiger partial charge in [-0.3, -0.25) is 47.9 Å². The van der Waals surface area contributed by atoms with Gasteiger partial charge in [0.15, 0.2) is 23.3 Å². The Kier molecular flexibility index (Phi) is 29.4. The second kappa shape index (κ2) is 39.7. The Balaban J connectivity index is 0.000000152. The Morgan fingerprint density at radius 1 is 0.390 bits per heavy atom. The third-order valence-corrected chi connectivity index (χ3v) is 20.2. The van der Waals surface area contributed by atoms with Crippen LogP contribution in [0.4, 0.5) is 17.6 Å². The van der Waals surface area contributed by atoms with Crippen LogP contribution < -0.4 is 11.5 Å². The van der Waals surface area contributed by atoms with Crippen molar-refractivity contribution in [3.63, 3.8) is 0 Å². The molecule has 30 nitrogen and oxygen atoms in total. The Morgan fingerprint density at radius 2 is 0.610 bits per heavy atom. The van der Waals surface area contributed by atoms with Crippen LogP contribution in [0.3, 0.4) is 0 Å². The third-order valence-electron chi connectivity index (χ3n) is 20.2. The Bertz CT molecular complexity index is 5250. The number of nitrogens with two attached hydrogens (primary N) is 2. The van der Waals surface area contributed by atoms with Gasteiger partial charge in [0.1, 0.15) is 44.8 Å². The van der Waals surface area contributed by atoms with Crippen molar-refractivity contribution in [1.82, 2.24) is 78.7 Å². The molecule has 0 spiro atoms. The summed E-state index contributed by atoms with van der Waals surface area (Å²) in [5, 5.41) is 33.2. The van der Waals surface area contributed by atoms with Crippen molar-refractivity contribution in [2.75, 3.05) is 107 Å². The molecule has 12 heterocycles. The molecule has 4 aliphatic rings. The molecule has 118 heavy (non-hydrogen) atoms. The maximum Gasteiger partial charge on any atom is 0.356 e. The van der Waals surface area contributed by atoms with Gasteiger partial charge in [-0.2, -0.15) is 20.4 Å². The first-order valence-corrected chi connectivity index (χ1v) is 38.2. The van der Waals surface area contributed by atoms with Gasteiger partial charge in [-0.1, -0.05) is 48.5 Å². The van der Waals surface area contributed by atoms with Gasteiger partial charge < -0.3 is 50.1 Å². The van der Waals surface area contributed by atoms with Crippen LogP contribution >= 0.6 is 0 Å². The number of pyridine rings is 4. The first-order chi connectivity index (χ1) is 56.8. The van der Waals surface area contributed by atoms with E-state index >= 15 is 17.6 Å². The molecule has 4 aromatic carbocycles. The van der Waals surface area contributed by atoms with Gasteiger partial charge in [0, 0.05) is 212 Å². The SMILES string of the molecule is CO.CO.COC(=O)c1cc(-c2cnn(C)c2)c2ccc(CN3CCO[C@@H](C)C3)c(F)c2n1.COC(=O)c1cc(-c2cnn(C)c2)c2ccc(CN3CCO[C@H](C)C3)c(F)c2n1.C[C@@H]1CN(Cc2ccc3c(-c4cnn(C)c4)cc(C(N)=O)nc3c2F)CCO1.C[C@H]1CN(Cc2ccc3c(-c4cnn(C)c4)cc(C(N)=O)nc3c2F)CCO1. The normalized spacial score (nSPS) is 17.2. The van der Waals surface area contributed by atoms with E-state index in [9.17, 15) is 19.2 Å². The number of carbonyl (C=O) groups excluding carboxylic acids is 4. The van der Waals surface area contributed by atoms with Gasteiger partial charge in [0.2, 0.25) is 0 Å². The van der Waals surface area contributed by atoms with Crippen LogP contribution in [0.15, 0.2) is 122 Å². The number of aliphatic hydroxyl groups excluding tert-OH is 2. The van der Waals surface area contributed by atoms with E-state index in [0.29, 0.717) is 119 Å². The maximum absolute atomic E-state index is 15.5. The minimum Gasteiger partial charge on any atom is -0.464 e. The van der Waals surface area contributed by atoms with Gasteiger partial charge in [-0.15, -0.1) is 0 Å². The van der Waals surface area contributed by atoms with E-state index in [-0.39, 0.29) is 69.3 Å². The van der Waals surface area contributed by atoms with Crippen molar-refractivity contribution in [3.8, 4) is 44.5 Å². The fraction of sp³-hybridized carbons (Fsp3) is 0.381. The largest absolute Gasteiger partial charge is 0.464 e. The summed E-state index contributed by atoms with van der Waals surface area (Å²) in [7, 11) is 11.8. The van der Waals surface area contributed by atoms with E-state index in [1.165, 1.54) is 14.2 Å². The van der Waals surface area contributed by atoms with Crippen LogP contribution in [0.2, 0.25) is 0 Å². The van der Waals surface area contributed by atoms with Gasteiger partial charge in [-0.25, -0.2) is 47.1 Å². The number of aromatic nitrogens is 12. The van der Waals surface area contributed by atoms with Crippen LogP contribution in [-0.4, -0.2) is 244 Å². The number of rotatable bonds is 16. The van der Waals surface area contributed by atoms with Crippen molar-refractivity contribution in [3.05, 3.63) is 191 Å². The molecule has 0 radical (unpaired) electrons. The molecule has 2 amide bonds. The first-order valence-electron chi connectivity index (χ1n) is 38.2. The molecule has 0 saturated carbocycles. The number of primary amides is 2. The number of nitrogens with zero attached hydrogens (tertiary/aromatic N) is 16. The van der Waals surface area contributed by atoms with Crippen molar-refractivity contribution >= 4 is 67.4 Å². The number of amides is 2. The quantitative estimate of drug-likeness (QED) is 0.0517. The molecule has 624 valence electrons. The molecular weight excluding hydrogens is 1530 g/mol. The zero-order valence-corrected chi connectivity index (χ0v) is 68.0. The average molecular weight is 1630 g/mol. The van der Waals surface area contributed by atoms with E-state index < -0.39 is 47.0 Å². The fourth-order valence-corrected chi connectivity index (χ4v) is 14.7. The van der Waals surface area contributed by atoms with E-state index in [1.54, 1.807) is 133 Å². The molecular formula is C84H98F4N18O12. The van der Waals surface area contributed by atoms with Crippen LogP contribution in [-0.2, 0) is 82.8 Å². The lowest BCUT2D eigenvalue weighted by atomic mass is 10.00. The minimum absolute atomic E-state index is 0.0300. The topological polar surface area (TPSA) is 352 Å². The summed E-state index contributed by atoms with van der Waals surface area (Å²) in [5.74, 6) is -4.30. The van der Waals surface area contributed by atoms with Gasteiger partial charge in [0.05, 0.1) is 89.9 Å². The standard InChI is InChI=1S/2C21H23FN4O3.2C20H22FN5O2.2CH4O/c2*1-13-10-26(6-7-29-13)12-14-4-5-16-17(15-9-23-25(2)11-15)8-18(21(27)28-3)24-20(16)19(14)22;2*1-12-9-26(5-6-28-12)11-13-3-4-15-16(14-8-23-25(2)10-14)7-17(20(22)27)24-19(15)18(13)21;2*1-2/h2*4-5,8-9,11,13H,6-7,10,12H2,1-3H3;2*3-4,7-8,10,12H,5-6,9,11H2,1-2H3,(H2,22,27);2*2H,1H3/t2*13-;2*12-;;/m1010../s1. The van der Waals surface area contributed by atoms with Crippen LogP contribution in [0.25, 0.3) is 88.1 Å². The summed E-state index contributed by atoms with van der Waals surface area (Å²) in [6, 6.07) is 21.0. The number of hydrogen-bond donors (Lipinski definition) is 4. The molecule has 4 aliphatic heterocycles. The number of morpholine rings is 4. The molecule has 6 N–H and O–H groups in total. The summed E-state index contributed by atoms with van der Waals surface area (Å²) < 4.78 is 100. The maximum atomic E-state index is 15.5. The van der Waals surface area contributed by atoms with Crippen molar-refractivity contribution in [1.29, 1.82) is 0 Å². The predicted octanol–water partition coefficient (Wildman–Crippen LogP) is 8.97. The smallest absolute Gasteiger partial charge is 0.356 e. The van der Waals surface area contributed by atoms with Crippen molar-refractivity contribution in [2.24, 2.45) is 39.7 Å². The van der Waals surface area contributed by atoms with Crippen LogP contribution in [0.5, 0.6) is 0 Å². The van der Waals surface area contributed by atoms with E-state index in [4.69, 9.17) is 50.1 Å².